The molecule has 0 fully saturated rings. The molecule has 0 aliphatic carbocycles. The van der Waals surface area contributed by atoms with Crippen molar-refractivity contribution in [1.29, 1.82) is 0 Å². The molecule has 94 valence electrons. The lowest BCUT2D eigenvalue weighted by molar-refractivity contribution is -0.134. The third-order valence-corrected chi connectivity index (χ3v) is 1.93. The number of hydrogen-bond acceptors (Lipinski definition) is 1. The van der Waals surface area contributed by atoms with Crippen LogP contribution in [0.5, 0.6) is 0 Å². The van der Waals surface area contributed by atoms with E-state index in [1.54, 1.807) is 0 Å². The maximum atomic E-state index is 9.00. The fraction of sp³-hybridized carbons (Fsp3) is 0.643. The largest absolute Gasteiger partial charge is 0.481 e. The molecule has 0 rings (SSSR count). The summed E-state index contributed by atoms with van der Waals surface area (Å²) in [5.74, 6) is -0.833. The minimum Gasteiger partial charge on any atom is -0.481 e. The third kappa shape index (κ3) is 29.3. The SMILES string of the molecule is C=CCC/C=C\CCCCCC.CC(=O)O. The highest BCUT2D eigenvalue weighted by Gasteiger charge is 1.83. The zero-order valence-corrected chi connectivity index (χ0v) is 10.7. The first-order chi connectivity index (χ1) is 7.65. The average Bonchev–Trinajstić information content (AvgIpc) is 2.21. The second-order valence-electron chi connectivity index (χ2n) is 3.71. The van der Waals surface area contributed by atoms with Crippen LogP contribution < -0.4 is 0 Å². The van der Waals surface area contributed by atoms with Gasteiger partial charge in [0.15, 0.2) is 0 Å². The number of unbranched alkanes of at least 4 members (excludes halogenated alkanes) is 5. The summed E-state index contributed by atoms with van der Waals surface area (Å²) >= 11 is 0. The standard InChI is InChI=1S/C12H22.C2H4O2/c1-3-5-7-9-11-12-10-8-6-4-2;1-2(3)4/h3,9,11H,1,4-8,10,12H2,2H3;1H3,(H,3,4)/b11-9-;. The van der Waals surface area contributed by atoms with Gasteiger partial charge in [-0.2, -0.15) is 0 Å². The van der Waals surface area contributed by atoms with E-state index in [0.29, 0.717) is 0 Å². The lowest BCUT2D eigenvalue weighted by Crippen LogP contribution is -1.78. The molecule has 0 saturated heterocycles. The molecule has 0 aromatic carbocycles. The van der Waals surface area contributed by atoms with E-state index in [4.69, 9.17) is 9.90 Å². The molecule has 0 amide bonds. The number of rotatable bonds is 8. The smallest absolute Gasteiger partial charge is 0.300 e. The third-order valence-electron chi connectivity index (χ3n) is 1.93. The molecule has 0 aromatic rings. The molecule has 16 heavy (non-hydrogen) atoms. The van der Waals surface area contributed by atoms with E-state index < -0.39 is 5.97 Å². The van der Waals surface area contributed by atoms with Crippen LogP contribution in [0.2, 0.25) is 0 Å². The van der Waals surface area contributed by atoms with E-state index in [1.807, 2.05) is 6.08 Å². The second kappa shape index (κ2) is 16.4. The molecular weight excluding hydrogens is 200 g/mol. The van der Waals surface area contributed by atoms with Gasteiger partial charge in [0.25, 0.3) is 5.97 Å². The van der Waals surface area contributed by atoms with Crippen molar-refractivity contribution < 1.29 is 9.90 Å². The molecule has 1 N–H and O–H groups in total. The zero-order chi connectivity index (χ0) is 12.6. The van der Waals surface area contributed by atoms with E-state index in [9.17, 15) is 0 Å². The van der Waals surface area contributed by atoms with Crippen LogP contribution in [0.25, 0.3) is 0 Å². The van der Waals surface area contributed by atoms with Gasteiger partial charge in [-0.25, -0.2) is 0 Å². The Morgan fingerprint density at radius 3 is 2.19 bits per heavy atom. The molecule has 0 aliphatic rings. The molecule has 0 bridgehead atoms. The molecule has 0 atom stereocenters. The Hall–Kier alpha value is -1.05. The Morgan fingerprint density at radius 2 is 1.69 bits per heavy atom. The van der Waals surface area contributed by atoms with E-state index in [0.717, 1.165) is 19.8 Å². The zero-order valence-electron chi connectivity index (χ0n) is 10.7. The fourth-order valence-electron chi connectivity index (χ4n) is 1.14. The first kappa shape index (κ1) is 17.3. The molecule has 0 heterocycles. The summed E-state index contributed by atoms with van der Waals surface area (Å²) in [4.78, 5) is 9.00. The van der Waals surface area contributed by atoms with Crippen LogP contribution in [-0.2, 0) is 4.79 Å². The highest BCUT2D eigenvalue weighted by atomic mass is 16.4. The Labute approximate surface area is 100 Å². The number of carbonyl (C=O) groups is 1. The fourth-order valence-corrected chi connectivity index (χ4v) is 1.14. The summed E-state index contributed by atoms with van der Waals surface area (Å²) in [6.07, 6.45) is 15.6. The van der Waals surface area contributed by atoms with Crippen molar-refractivity contribution in [3.8, 4) is 0 Å². The number of hydrogen-bond donors (Lipinski definition) is 1. The van der Waals surface area contributed by atoms with E-state index in [1.165, 1.54) is 32.1 Å². The van der Waals surface area contributed by atoms with Gasteiger partial charge in [0.05, 0.1) is 0 Å². The molecule has 0 aromatic heterocycles. The summed E-state index contributed by atoms with van der Waals surface area (Å²) in [5.41, 5.74) is 0. The van der Waals surface area contributed by atoms with Crippen molar-refractivity contribution in [2.45, 2.75) is 58.8 Å². The van der Waals surface area contributed by atoms with Crippen molar-refractivity contribution in [3.05, 3.63) is 24.8 Å². The van der Waals surface area contributed by atoms with Gasteiger partial charge >= 0.3 is 0 Å². The minimum atomic E-state index is -0.833. The maximum Gasteiger partial charge on any atom is 0.300 e. The van der Waals surface area contributed by atoms with Crippen molar-refractivity contribution >= 4 is 5.97 Å². The molecule has 0 radical (unpaired) electrons. The van der Waals surface area contributed by atoms with Crippen LogP contribution in [0, 0.1) is 0 Å². The van der Waals surface area contributed by atoms with Gasteiger partial charge in [0.1, 0.15) is 0 Å². The first-order valence-corrected chi connectivity index (χ1v) is 6.10. The second-order valence-corrected chi connectivity index (χ2v) is 3.71. The lowest BCUT2D eigenvalue weighted by atomic mass is 10.1. The van der Waals surface area contributed by atoms with Gasteiger partial charge < -0.3 is 5.11 Å². The summed E-state index contributed by atoms with van der Waals surface area (Å²) in [7, 11) is 0. The van der Waals surface area contributed by atoms with Crippen LogP contribution in [0.4, 0.5) is 0 Å². The maximum absolute atomic E-state index is 9.00. The number of carboxylic acid groups (broad SMARTS) is 1. The Morgan fingerprint density at radius 1 is 1.12 bits per heavy atom. The van der Waals surface area contributed by atoms with Gasteiger partial charge in [-0.15, -0.1) is 6.58 Å². The summed E-state index contributed by atoms with van der Waals surface area (Å²) in [6.45, 7) is 7.02. The van der Waals surface area contributed by atoms with Gasteiger partial charge in [0, 0.05) is 6.92 Å². The monoisotopic (exact) mass is 226 g/mol. The topological polar surface area (TPSA) is 37.3 Å². The molecule has 2 nitrogen and oxygen atoms in total. The van der Waals surface area contributed by atoms with Crippen LogP contribution in [0.15, 0.2) is 24.8 Å². The molecule has 0 saturated carbocycles. The van der Waals surface area contributed by atoms with Gasteiger partial charge in [-0.05, 0) is 25.7 Å². The number of carboxylic acids is 1. The van der Waals surface area contributed by atoms with Crippen LogP contribution in [-0.4, -0.2) is 11.1 Å². The normalized spacial score (nSPS) is 9.62. The highest BCUT2D eigenvalue weighted by molar-refractivity contribution is 5.62. The van der Waals surface area contributed by atoms with Crippen molar-refractivity contribution in [1.82, 2.24) is 0 Å². The Bertz CT molecular complexity index is 179. The quantitative estimate of drug-likeness (QED) is 0.486. The predicted molar refractivity (Wildman–Crippen MR) is 70.6 cm³/mol. The Balaban J connectivity index is 0. The first-order valence-electron chi connectivity index (χ1n) is 6.10. The Kier molecular flexibility index (Phi) is 17.8. The summed E-state index contributed by atoms with van der Waals surface area (Å²) in [6, 6.07) is 0. The van der Waals surface area contributed by atoms with E-state index >= 15 is 0 Å². The van der Waals surface area contributed by atoms with Crippen LogP contribution in [0.1, 0.15) is 58.8 Å². The minimum absolute atomic E-state index is 0.833. The average molecular weight is 226 g/mol. The van der Waals surface area contributed by atoms with Crippen molar-refractivity contribution in [2.24, 2.45) is 0 Å². The lowest BCUT2D eigenvalue weighted by Gasteiger charge is -1.93. The molecule has 0 aliphatic heterocycles. The van der Waals surface area contributed by atoms with Crippen LogP contribution >= 0.6 is 0 Å². The van der Waals surface area contributed by atoms with Gasteiger partial charge in [-0.3, -0.25) is 4.79 Å². The van der Waals surface area contributed by atoms with Gasteiger partial charge in [-0.1, -0.05) is 44.4 Å². The van der Waals surface area contributed by atoms with Crippen molar-refractivity contribution in [2.75, 3.05) is 0 Å². The number of allylic oxidation sites excluding steroid dienone is 3. The van der Waals surface area contributed by atoms with Crippen molar-refractivity contribution in [3.63, 3.8) is 0 Å². The predicted octanol–water partition coefficient (Wildman–Crippen LogP) is 4.57. The molecular formula is C14H26O2. The van der Waals surface area contributed by atoms with Gasteiger partial charge in [0.2, 0.25) is 0 Å². The molecule has 2 heteroatoms. The summed E-state index contributed by atoms with van der Waals surface area (Å²) in [5, 5.41) is 7.42. The molecule has 0 unspecified atom stereocenters. The summed E-state index contributed by atoms with van der Waals surface area (Å²) < 4.78 is 0. The van der Waals surface area contributed by atoms with E-state index in [-0.39, 0.29) is 0 Å². The molecule has 0 spiro atoms. The van der Waals surface area contributed by atoms with Crippen LogP contribution in [0.3, 0.4) is 0 Å². The highest BCUT2D eigenvalue weighted by Crippen LogP contribution is 2.03. The van der Waals surface area contributed by atoms with E-state index in [2.05, 4.69) is 25.7 Å². The number of aliphatic carboxylic acids is 1.